The summed E-state index contributed by atoms with van der Waals surface area (Å²) in [6.07, 6.45) is 2.35. The summed E-state index contributed by atoms with van der Waals surface area (Å²) < 4.78 is 43.4. The van der Waals surface area contributed by atoms with Crippen molar-refractivity contribution < 1.29 is 12.8 Å². The second-order valence-corrected chi connectivity index (χ2v) is 10.2. The van der Waals surface area contributed by atoms with E-state index in [1.54, 1.807) is 26.0 Å². The highest BCUT2D eigenvalue weighted by Gasteiger charge is 2.44. The van der Waals surface area contributed by atoms with Crippen LogP contribution < -0.4 is 4.72 Å². The summed E-state index contributed by atoms with van der Waals surface area (Å²) in [5.74, 6) is 0. The summed E-state index contributed by atoms with van der Waals surface area (Å²) in [6.45, 7) is 10.5. The maximum absolute atomic E-state index is 16.1. The molecule has 0 spiro atoms. The Hall–Kier alpha value is -2.23. The quantitative estimate of drug-likeness (QED) is 0.660. The van der Waals surface area contributed by atoms with Crippen molar-refractivity contribution >= 4 is 10.0 Å². The Morgan fingerprint density at radius 1 is 1.10 bits per heavy atom. The van der Waals surface area contributed by atoms with Crippen molar-refractivity contribution in [1.29, 1.82) is 0 Å². The number of halogens is 1. The fraction of sp³-hybridized carbons (Fsp3) is 0.435. The molecule has 6 heteroatoms. The lowest BCUT2D eigenvalue weighted by atomic mass is 9.77. The Morgan fingerprint density at radius 2 is 1.69 bits per heavy atom. The molecule has 2 atom stereocenters. The predicted octanol–water partition coefficient (Wildman–Crippen LogP) is 5.21. The first-order valence-electron chi connectivity index (χ1n) is 9.99. The van der Waals surface area contributed by atoms with E-state index in [1.807, 2.05) is 36.4 Å². The van der Waals surface area contributed by atoms with E-state index in [4.69, 9.17) is 6.57 Å². The first kappa shape index (κ1) is 21.5. The third-order valence-electron chi connectivity index (χ3n) is 5.68. The van der Waals surface area contributed by atoms with Crippen molar-refractivity contribution in [1.82, 2.24) is 4.72 Å². The van der Waals surface area contributed by atoms with E-state index in [1.165, 1.54) is 0 Å². The molecule has 3 rings (SSSR count). The third kappa shape index (κ3) is 4.68. The van der Waals surface area contributed by atoms with E-state index in [0.29, 0.717) is 24.9 Å². The molecule has 0 heterocycles. The zero-order valence-corrected chi connectivity index (χ0v) is 17.7. The highest BCUT2D eigenvalue weighted by molar-refractivity contribution is 7.90. The van der Waals surface area contributed by atoms with Crippen LogP contribution in [0.25, 0.3) is 16.0 Å². The van der Waals surface area contributed by atoms with Crippen LogP contribution in [0.5, 0.6) is 0 Å². The minimum atomic E-state index is -3.55. The van der Waals surface area contributed by atoms with Crippen LogP contribution in [0.2, 0.25) is 0 Å². The van der Waals surface area contributed by atoms with Crippen molar-refractivity contribution in [2.24, 2.45) is 0 Å². The maximum Gasteiger partial charge on any atom is 0.239 e. The molecule has 0 saturated heterocycles. The molecule has 0 amide bonds. The van der Waals surface area contributed by atoms with Crippen LogP contribution in [0.15, 0.2) is 48.5 Å². The van der Waals surface area contributed by atoms with Gasteiger partial charge in [-0.25, -0.2) is 24.1 Å². The number of hydrogen-bond acceptors (Lipinski definition) is 2. The molecule has 0 bridgehead atoms. The molecule has 0 aliphatic heterocycles. The highest BCUT2D eigenvalue weighted by atomic mass is 32.2. The predicted molar refractivity (Wildman–Crippen MR) is 114 cm³/mol. The third-order valence-corrected chi connectivity index (χ3v) is 7.53. The SMILES string of the molecule is [C-]#[N+]Cc1ccc(-c2ccc([C@@]3(F)CCCC[C@@H]3NS(=O)(=O)C(C)C)cc2)cc1. The van der Waals surface area contributed by atoms with Gasteiger partial charge in [0, 0.05) is 5.56 Å². The van der Waals surface area contributed by atoms with E-state index in [0.717, 1.165) is 29.5 Å². The molecular weight excluding hydrogens is 387 g/mol. The van der Waals surface area contributed by atoms with Crippen LogP contribution in [0, 0.1) is 6.57 Å². The van der Waals surface area contributed by atoms with Gasteiger partial charge >= 0.3 is 0 Å². The second-order valence-electron chi connectivity index (χ2n) is 7.96. The van der Waals surface area contributed by atoms with Gasteiger partial charge in [-0.2, -0.15) is 0 Å². The molecule has 1 saturated carbocycles. The van der Waals surface area contributed by atoms with E-state index in [9.17, 15) is 8.42 Å². The topological polar surface area (TPSA) is 50.5 Å². The average molecular weight is 415 g/mol. The molecule has 1 aliphatic rings. The van der Waals surface area contributed by atoms with Gasteiger partial charge in [-0.3, -0.25) is 0 Å². The van der Waals surface area contributed by atoms with Crippen molar-refractivity contribution in [3.8, 4) is 11.1 Å². The molecule has 0 aromatic heterocycles. The number of sulfonamides is 1. The lowest BCUT2D eigenvalue weighted by Gasteiger charge is -2.38. The van der Waals surface area contributed by atoms with E-state index >= 15 is 4.39 Å². The first-order chi connectivity index (χ1) is 13.8. The normalized spacial score (nSPS) is 22.4. The zero-order valence-electron chi connectivity index (χ0n) is 16.9. The second kappa shape index (κ2) is 8.64. The van der Waals surface area contributed by atoms with Gasteiger partial charge in [0.25, 0.3) is 0 Å². The lowest BCUT2D eigenvalue weighted by molar-refractivity contribution is 0.0712. The highest BCUT2D eigenvalue weighted by Crippen LogP contribution is 2.42. The Balaban J connectivity index is 1.85. The molecule has 0 unspecified atom stereocenters. The van der Waals surface area contributed by atoms with Gasteiger partial charge < -0.3 is 4.85 Å². The Bertz CT molecular complexity index is 979. The molecule has 0 radical (unpaired) electrons. The van der Waals surface area contributed by atoms with E-state index in [-0.39, 0.29) is 0 Å². The zero-order chi connectivity index (χ0) is 21.1. The summed E-state index contributed by atoms with van der Waals surface area (Å²) in [5, 5.41) is -0.595. The number of benzene rings is 2. The van der Waals surface area contributed by atoms with Gasteiger partial charge in [0.1, 0.15) is 0 Å². The number of nitrogens with one attached hydrogen (secondary N) is 1. The molecule has 1 aliphatic carbocycles. The number of hydrogen-bond donors (Lipinski definition) is 1. The summed E-state index contributed by atoms with van der Waals surface area (Å²) >= 11 is 0. The van der Waals surface area contributed by atoms with Crippen molar-refractivity contribution in [3.63, 3.8) is 0 Å². The van der Waals surface area contributed by atoms with Crippen molar-refractivity contribution in [2.45, 2.75) is 63.0 Å². The molecule has 4 nitrogen and oxygen atoms in total. The minimum absolute atomic E-state index is 0.308. The number of nitrogens with zero attached hydrogens (tertiary/aromatic N) is 1. The van der Waals surface area contributed by atoms with Gasteiger partial charge in [-0.15, -0.1) is 0 Å². The summed E-state index contributed by atoms with van der Waals surface area (Å²) in [5.41, 5.74) is 1.73. The maximum atomic E-state index is 16.1. The Labute approximate surface area is 173 Å². The van der Waals surface area contributed by atoms with E-state index in [2.05, 4.69) is 9.57 Å². The summed E-state index contributed by atoms with van der Waals surface area (Å²) in [6, 6.07) is 14.3. The van der Waals surface area contributed by atoms with Crippen LogP contribution in [-0.2, 0) is 22.2 Å². The Morgan fingerprint density at radius 3 is 2.24 bits per heavy atom. The summed E-state index contributed by atoms with van der Waals surface area (Å²) in [7, 11) is -3.55. The largest absolute Gasteiger partial charge is 0.312 e. The van der Waals surface area contributed by atoms with Gasteiger partial charge in [-0.05, 0) is 49.8 Å². The number of alkyl halides is 1. The average Bonchev–Trinajstić information content (AvgIpc) is 2.70. The fourth-order valence-corrected chi connectivity index (χ4v) is 4.77. The van der Waals surface area contributed by atoms with Crippen molar-refractivity contribution in [2.75, 3.05) is 0 Å². The van der Waals surface area contributed by atoms with Gasteiger partial charge in [0.15, 0.2) is 5.67 Å². The van der Waals surface area contributed by atoms with E-state index < -0.39 is 27.0 Å². The van der Waals surface area contributed by atoms with Gasteiger partial charge in [0.05, 0.1) is 11.3 Å². The first-order valence-corrected chi connectivity index (χ1v) is 11.5. The fourth-order valence-electron chi connectivity index (χ4n) is 3.80. The molecule has 1 N–H and O–H groups in total. The van der Waals surface area contributed by atoms with Crippen LogP contribution in [0.4, 0.5) is 4.39 Å². The smallest absolute Gasteiger partial charge is 0.239 e. The minimum Gasteiger partial charge on any atom is -0.312 e. The molecule has 2 aromatic rings. The molecule has 2 aromatic carbocycles. The van der Waals surface area contributed by atoms with Crippen LogP contribution in [0.3, 0.4) is 0 Å². The molecular formula is C23H27FN2O2S. The Kier molecular flexibility index (Phi) is 6.40. The van der Waals surface area contributed by atoms with Gasteiger partial charge in [0.2, 0.25) is 16.6 Å². The standard InChI is InChI=1S/C23H27FN2O2S/c1-17(2)29(27,28)26-22-6-4-5-15-23(22,24)21-13-11-20(12-14-21)19-9-7-18(8-10-19)16-25-3/h7-14,17,22,26H,4-6,15-16H2,1-2H3/t22-,23-/m0/s1. The molecule has 1 fully saturated rings. The van der Waals surface area contributed by atoms with Crippen LogP contribution in [0.1, 0.15) is 50.7 Å². The van der Waals surface area contributed by atoms with Crippen molar-refractivity contribution in [3.05, 3.63) is 71.1 Å². The molecule has 154 valence electrons. The number of rotatable bonds is 6. The van der Waals surface area contributed by atoms with Crippen LogP contribution >= 0.6 is 0 Å². The van der Waals surface area contributed by atoms with Crippen LogP contribution in [-0.4, -0.2) is 19.7 Å². The lowest BCUT2D eigenvalue weighted by Crippen LogP contribution is -2.51. The molecule has 29 heavy (non-hydrogen) atoms. The summed E-state index contributed by atoms with van der Waals surface area (Å²) in [4.78, 5) is 3.38. The van der Waals surface area contributed by atoms with Gasteiger partial charge in [-0.1, -0.05) is 55.0 Å². The monoisotopic (exact) mass is 414 g/mol.